The number of nitrogens with one attached hydrogen (secondary N) is 1. The Bertz CT molecular complexity index is 1040. The van der Waals surface area contributed by atoms with Gasteiger partial charge < -0.3 is 10.4 Å². The third kappa shape index (κ3) is 3.01. The van der Waals surface area contributed by atoms with Gasteiger partial charge in [0.25, 0.3) is 0 Å². The molecule has 0 aliphatic carbocycles. The maximum Gasteiger partial charge on any atom is 0.337 e. The van der Waals surface area contributed by atoms with Gasteiger partial charge >= 0.3 is 5.97 Å². The van der Waals surface area contributed by atoms with Crippen LogP contribution in [0.2, 0.25) is 0 Å². The standard InChI is InChI=1S/C18H19N5O3/c1-5-12-16(9(2)19-10(3)17(12)18(25)26)13-6-7-15-21-14(20-11(4)24)8-23(15)22-13/h6-8H,5H2,1-4H3,(H,20,24)(H,25,26). The monoisotopic (exact) mass is 353 g/mol. The number of carboxylic acids is 1. The first-order valence-corrected chi connectivity index (χ1v) is 8.19. The van der Waals surface area contributed by atoms with E-state index in [1.165, 1.54) is 6.92 Å². The number of pyridine rings is 1. The van der Waals surface area contributed by atoms with Gasteiger partial charge in [0.15, 0.2) is 11.5 Å². The van der Waals surface area contributed by atoms with Crippen molar-refractivity contribution in [1.29, 1.82) is 0 Å². The first kappa shape index (κ1) is 17.5. The summed E-state index contributed by atoms with van der Waals surface area (Å²) in [5.41, 5.74) is 4.04. The summed E-state index contributed by atoms with van der Waals surface area (Å²) >= 11 is 0. The first-order valence-electron chi connectivity index (χ1n) is 8.19. The van der Waals surface area contributed by atoms with E-state index >= 15 is 0 Å². The van der Waals surface area contributed by atoms with Gasteiger partial charge in [0.05, 0.1) is 23.1 Å². The Balaban J connectivity index is 2.21. The molecule has 26 heavy (non-hydrogen) atoms. The number of nitrogens with zero attached hydrogens (tertiary/aromatic N) is 4. The van der Waals surface area contributed by atoms with Gasteiger partial charge in [0.1, 0.15) is 0 Å². The lowest BCUT2D eigenvalue weighted by molar-refractivity contribution is -0.114. The van der Waals surface area contributed by atoms with Crippen LogP contribution < -0.4 is 5.32 Å². The minimum absolute atomic E-state index is 0.216. The molecular formula is C18H19N5O3. The average Bonchev–Trinajstić information content (AvgIpc) is 2.93. The lowest BCUT2D eigenvalue weighted by Gasteiger charge is -2.15. The smallest absolute Gasteiger partial charge is 0.337 e. The fourth-order valence-electron chi connectivity index (χ4n) is 3.16. The summed E-state index contributed by atoms with van der Waals surface area (Å²) < 4.78 is 1.56. The molecule has 8 heteroatoms. The van der Waals surface area contributed by atoms with Crippen LogP contribution in [0.3, 0.4) is 0 Å². The maximum atomic E-state index is 11.7. The summed E-state index contributed by atoms with van der Waals surface area (Å²) in [4.78, 5) is 31.6. The van der Waals surface area contributed by atoms with Crippen LogP contribution in [-0.2, 0) is 11.2 Å². The SMILES string of the molecule is CCc1c(C(=O)O)c(C)nc(C)c1-c1ccc2nc(NC(C)=O)cn2n1. The molecule has 0 atom stereocenters. The topological polar surface area (TPSA) is 109 Å². The van der Waals surface area contributed by atoms with E-state index in [4.69, 9.17) is 0 Å². The number of hydrogen-bond acceptors (Lipinski definition) is 5. The van der Waals surface area contributed by atoms with E-state index in [-0.39, 0.29) is 11.5 Å². The highest BCUT2D eigenvalue weighted by Gasteiger charge is 2.21. The van der Waals surface area contributed by atoms with Crippen LogP contribution in [0.15, 0.2) is 18.3 Å². The van der Waals surface area contributed by atoms with Gasteiger partial charge in [-0.3, -0.25) is 9.78 Å². The average molecular weight is 353 g/mol. The first-order chi connectivity index (χ1) is 12.3. The highest BCUT2D eigenvalue weighted by atomic mass is 16.4. The second kappa shape index (κ2) is 6.55. The molecule has 1 amide bonds. The van der Waals surface area contributed by atoms with Gasteiger partial charge in [0, 0.05) is 18.2 Å². The van der Waals surface area contributed by atoms with E-state index < -0.39 is 5.97 Å². The van der Waals surface area contributed by atoms with Crippen molar-refractivity contribution in [3.8, 4) is 11.3 Å². The van der Waals surface area contributed by atoms with Crippen LogP contribution in [0.25, 0.3) is 16.9 Å². The van der Waals surface area contributed by atoms with E-state index in [0.717, 1.165) is 5.69 Å². The number of carbonyl (C=O) groups excluding carboxylic acids is 1. The molecule has 0 spiro atoms. The van der Waals surface area contributed by atoms with Gasteiger partial charge in [-0.15, -0.1) is 0 Å². The number of imidazole rings is 1. The molecule has 0 bridgehead atoms. The number of carboxylic acid groups (broad SMARTS) is 1. The summed E-state index contributed by atoms with van der Waals surface area (Å²) in [6.45, 7) is 6.86. The number of anilines is 1. The van der Waals surface area contributed by atoms with Crippen LogP contribution in [0.4, 0.5) is 5.82 Å². The molecule has 3 aromatic heterocycles. The summed E-state index contributed by atoms with van der Waals surface area (Å²) in [6.07, 6.45) is 2.16. The molecular weight excluding hydrogens is 334 g/mol. The van der Waals surface area contributed by atoms with Crippen molar-refractivity contribution in [3.63, 3.8) is 0 Å². The number of carbonyl (C=O) groups is 2. The van der Waals surface area contributed by atoms with Crippen molar-refractivity contribution in [2.75, 3.05) is 5.32 Å². The molecule has 0 aliphatic heterocycles. The Morgan fingerprint density at radius 3 is 2.54 bits per heavy atom. The molecule has 0 aliphatic rings. The Kier molecular flexibility index (Phi) is 4.41. The van der Waals surface area contributed by atoms with E-state index in [9.17, 15) is 14.7 Å². The van der Waals surface area contributed by atoms with E-state index in [2.05, 4.69) is 20.4 Å². The number of aromatic nitrogens is 4. The Morgan fingerprint density at radius 1 is 1.19 bits per heavy atom. The lowest BCUT2D eigenvalue weighted by Crippen LogP contribution is -2.11. The zero-order valence-electron chi connectivity index (χ0n) is 15.0. The largest absolute Gasteiger partial charge is 0.478 e. The summed E-state index contributed by atoms with van der Waals surface area (Å²) in [5.74, 6) is -0.806. The van der Waals surface area contributed by atoms with Crippen LogP contribution in [0.5, 0.6) is 0 Å². The Hall–Kier alpha value is -3.29. The molecule has 0 aromatic carbocycles. The van der Waals surface area contributed by atoms with Crippen LogP contribution in [0.1, 0.15) is 41.2 Å². The maximum absolute atomic E-state index is 11.7. The van der Waals surface area contributed by atoms with Gasteiger partial charge in [-0.25, -0.2) is 14.3 Å². The van der Waals surface area contributed by atoms with Crippen molar-refractivity contribution in [2.45, 2.75) is 34.1 Å². The fourth-order valence-corrected chi connectivity index (χ4v) is 3.16. The van der Waals surface area contributed by atoms with Gasteiger partial charge in [-0.2, -0.15) is 5.10 Å². The molecule has 3 heterocycles. The molecule has 134 valence electrons. The number of fused-ring (bicyclic) bond motifs is 1. The third-order valence-electron chi connectivity index (χ3n) is 4.11. The van der Waals surface area contributed by atoms with Crippen molar-refractivity contribution >= 4 is 23.3 Å². The Labute approximate surface area is 149 Å². The molecule has 0 fully saturated rings. The number of rotatable bonds is 4. The van der Waals surface area contributed by atoms with E-state index in [1.54, 1.807) is 29.8 Å². The van der Waals surface area contributed by atoms with Crippen molar-refractivity contribution in [3.05, 3.63) is 40.8 Å². The van der Waals surface area contributed by atoms with Crippen molar-refractivity contribution in [2.24, 2.45) is 0 Å². The van der Waals surface area contributed by atoms with Gasteiger partial charge in [-0.05, 0) is 38.0 Å². The number of aryl methyl sites for hydroxylation is 2. The molecule has 3 rings (SSSR count). The number of hydrogen-bond donors (Lipinski definition) is 2. The zero-order valence-corrected chi connectivity index (χ0v) is 15.0. The van der Waals surface area contributed by atoms with Crippen LogP contribution >= 0.6 is 0 Å². The zero-order chi connectivity index (χ0) is 19.0. The van der Waals surface area contributed by atoms with Crippen molar-refractivity contribution in [1.82, 2.24) is 19.6 Å². The summed E-state index contributed by atoms with van der Waals surface area (Å²) in [7, 11) is 0. The quantitative estimate of drug-likeness (QED) is 0.746. The molecule has 0 saturated heterocycles. The second-order valence-electron chi connectivity index (χ2n) is 6.00. The van der Waals surface area contributed by atoms with Crippen LogP contribution in [0, 0.1) is 13.8 Å². The van der Waals surface area contributed by atoms with Gasteiger partial charge in [0.2, 0.25) is 5.91 Å². The Morgan fingerprint density at radius 2 is 1.92 bits per heavy atom. The van der Waals surface area contributed by atoms with E-state index in [0.29, 0.717) is 40.4 Å². The predicted octanol–water partition coefficient (Wildman–Crippen LogP) is 2.63. The lowest BCUT2D eigenvalue weighted by atomic mass is 9.94. The summed E-state index contributed by atoms with van der Waals surface area (Å²) in [6, 6.07) is 3.55. The highest BCUT2D eigenvalue weighted by Crippen LogP contribution is 2.30. The van der Waals surface area contributed by atoms with Gasteiger partial charge in [-0.1, -0.05) is 6.92 Å². The minimum atomic E-state index is -0.996. The third-order valence-corrected chi connectivity index (χ3v) is 4.11. The minimum Gasteiger partial charge on any atom is -0.478 e. The second-order valence-corrected chi connectivity index (χ2v) is 6.00. The fraction of sp³-hybridized carbons (Fsp3) is 0.278. The molecule has 8 nitrogen and oxygen atoms in total. The molecule has 2 N–H and O–H groups in total. The van der Waals surface area contributed by atoms with E-state index in [1.807, 2.05) is 13.8 Å². The molecule has 0 unspecified atom stereocenters. The summed E-state index contributed by atoms with van der Waals surface area (Å²) in [5, 5.41) is 16.7. The molecule has 0 radical (unpaired) electrons. The van der Waals surface area contributed by atoms with Crippen molar-refractivity contribution < 1.29 is 14.7 Å². The van der Waals surface area contributed by atoms with Crippen LogP contribution in [-0.4, -0.2) is 36.6 Å². The molecule has 3 aromatic rings. The number of amides is 1. The molecule has 0 saturated carbocycles. The normalized spacial score (nSPS) is 10.9. The predicted molar refractivity (Wildman–Crippen MR) is 96.3 cm³/mol. The number of aromatic carboxylic acids is 1. The highest BCUT2D eigenvalue weighted by molar-refractivity contribution is 5.93.